The number of nitriles is 1. The summed E-state index contributed by atoms with van der Waals surface area (Å²) in [7, 11) is 2.03. The minimum absolute atomic E-state index is 0.469. The SMILES string of the molecule is CCC(CC)N(C)c1cccc(C#N)c1N. The first-order valence-electron chi connectivity index (χ1n) is 5.67. The highest BCUT2D eigenvalue weighted by molar-refractivity contribution is 5.74. The molecule has 1 aromatic carbocycles. The number of anilines is 2. The molecule has 16 heavy (non-hydrogen) atoms. The molecule has 0 heterocycles. The van der Waals surface area contributed by atoms with Crippen LogP contribution in [0.5, 0.6) is 0 Å². The van der Waals surface area contributed by atoms with Crippen molar-refractivity contribution in [2.24, 2.45) is 0 Å². The van der Waals surface area contributed by atoms with Crippen LogP contribution in [0.3, 0.4) is 0 Å². The van der Waals surface area contributed by atoms with E-state index in [-0.39, 0.29) is 0 Å². The number of nitrogens with zero attached hydrogens (tertiary/aromatic N) is 2. The molecule has 3 heteroatoms. The van der Waals surface area contributed by atoms with Crippen molar-refractivity contribution < 1.29 is 0 Å². The number of rotatable bonds is 4. The molecule has 0 saturated heterocycles. The molecule has 0 spiro atoms. The number of para-hydroxylation sites is 1. The molecule has 3 nitrogen and oxygen atoms in total. The normalized spacial score (nSPS) is 10.2. The second-order valence-corrected chi connectivity index (χ2v) is 3.93. The number of nitrogen functional groups attached to an aromatic ring is 1. The predicted molar refractivity (Wildman–Crippen MR) is 68.3 cm³/mol. The second kappa shape index (κ2) is 5.41. The highest BCUT2D eigenvalue weighted by atomic mass is 15.1. The second-order valence-electron chi connectivity index (χ2n) is 3.93. The molecule has 1 aromatic rings. The third-order valence-electron chi connectivity index (χ3n) is 3.07. The Hall–Kier alpha value is -1.69. The van der Waals surface area contributed by atoms with Gasteiger partial charge < -0.3 is 10.6 Å². The summed E-state index contributed by atoms with van der Waals surface area (Å²) in [5, 5.41) is 8.93. The van der Waals surface area contributed by atoms with Crippen LogP contribution in [0.1, 0.15) is 32.3 Å². The van der Waals surface area contributed by atoms with Crippen LogP contribution in [-0.2, 0) is 0 Å². The minimum atomic E-state index is 0.469. The smallest absolute Gasteiger partial charge is 0.101 e. The van der Waals surface area contributed by atoms with Crippen molar-refractivity contribution in [3.8, 4) is 6.07 Å². The van der Waals surface area contributed by atoms with Crippen molar-refractivity contribution in [2.75, 3.05) is 17.7 Å². The highest BCUT2D eigenvalue weighted by Gasteiger charge is 2.14. The maximum absolute atomic E-state index is 8.93. The maximum atomic E-state index is 8.93. The fraction of sp³-hybridized carbons (Fsp3) is 0.462. The van der Waals surface area contributed by atoms with Crippen molar-refractivity contribution >= 4 is 11.4 Å². The van der Waals surface area contributed by atoms with E-state index in [1.165, 1.54) is 0 Å². The first-order chi connectivity index (χ1) is 7.65. The average molecular weight is 217 g/mol. The van der Waals surface area contributed by atoms with Gasteiger partial charge in [-0.1, -0.05) is 19.9 Å². The molecule has 0 aliphatic rings. The van der Waals surface area contributed by atoms with Crippen LogP contribution in [0.2, 0.25) is 0 Å². The number of hydrogen-bond donors (Lipinski definition) is 1. The van der Waals surface area contributed by atoms with E-state index >= 15 is 0 Å². The number of hydrogen-bond acceptors (Lipinski definition) is 3. The Morgan fingerprint density at radius 1 is 1.38 bits per heavy atom. The van der Waals surface area contributed by atoms with E-state index < -0.39 is 0 Å². The summed E-state index contributed by atoms with van der Waals surface area (Å²) in [6.07, 6.45) is 2.15. The highest BCUT2D eigenvalue weighted by Crippen LogP contribution is 2.27. The lowest BCUT2D eigenvalue weighted by atomic mass is 10.1. The third kappa shape index (κ3) is 2.27. The Bertz CT molecular complexity index is 389. The van der Waals surface area contributed by atoms with Gasteiger partial charge in [0.1, 0.15) is 6.07 Å². The van der Waals surface area contributed by atoms with Gasteiger partial charge in [0.05, 0.1) is 16.9 Å². The summed E-state index contributed by atoms with van der Waals surface area (Å²) in [4.78, 5) is 2.16. The molecule has 86 valence electrons. The van der Waals surface area contributed by atoms with Gasteiger partial charge in [-0.05, 0) is 25.0 Å². The van der Waals surface area contributed by atoms with Crippen LogP contribution >= 0.6 is 0 Å². The van der Waals surface area contributed by atoms with Gasteiger partial charge in [0, 0.05) is 13.1 Å². The molecule has 0 radical (unpaired) electrons. The molecule has 0 aromatic heterocycles. The zero-order valence-corrected chi connectivity index (χ0v) is 10.2. The number of benzene rings is 1. The minimum Gasteiger partial charge on any atom is -0.396 e. The van der Waals surface area contributed by atoms with E-state index in [0.29, 0.717) is 17.3 Å². The quantitative estimate of drug-likeness (QED) is 0.789. The molecule has 0 bridgehead atoms. The van der Waals surface area contributed by atoms with E-state index in [0.717, 1.165) is 18.5 Å². The van der Waals surface area contributed by atoms with Gasteiger partial charge in [-0.15, -0.1) is 0 Å². The molecule has 0 unspecified atom stereocenters. The van der Waals surface area contributed by atoms with Crippen molar-refractivity contribution in [1.82, 2.24) is 0 Å². The molecule has 0 aliphatic heterocycles. The zero-order valence-electron chi connectivity index (χ0n) is 10.2. The summed E-state index contributed by atoms with van der Waals surface area (Å²) in [6.45, 7) is 4.32. The molecule has 0 atom stereocenters. The van der Waals surface area contributed by atoms with Gasteiger partial charge in [0.2, 0.25) is 0 Å². The van der Waals surface area contributed by atoms with Crippen LogP contribution in [0, 0.1) is 11.3 Å². The summed E-state index contributed by atoms with van der Waals surface area (Å²) in [6, 6.07) is 8.18. The van der Waals surface area contributed by atoms with Crippen molar-refractivity contribution in [3.05, 3.63) is 23.8 Å². The van der Waals surface area contributed by atoms with Gasteiger partial charge in [-0.25, -0.2) is 0 Å². The fourth-order valence-corrected chi connectivity index (χ4v) is 1.99. The molecule has 0 fully saturated rings. The maximum Gasteiger partial charge on any atom is 0.101 e. The summed E-state index contributed by atoms with van der Waals surface area (Å²) >= 11 is 0. The van der Waals surface area contributed by atoms with Gasteiger partial charge in [-0.3, -0.25) is 0 Å². The first-order valence-corrected chi connectivity index (χ1v) is 5.67. The molecule has 1 rings (SSSR count). The van der Waals surface area contributed by atoms with Gasteiger partial charge >= 0.3 is 0 Å². The molecular formula is C13H19N3. The van der Waals surface area contributed by atoms with E-state index in [2.05, 4.69) is 24.8 Å². The lowest BCUT2D eigenvalue weighted by Gasteiger charge is -2.29. The Kier molecular flexibility index (Phi) is 4.19. The molecule has 0 saturated carbocycles. The largest absolute Gasteiger partial charge is 0.396 e. The van der Waals surface area contributed by atoms with E-state index in [1.807, 2.05) is 19.2 Å². The van der Waals surface area contributed by atoms with E-state index in [4.69, 9.17) is 11.0 Å². The Labute approximate surface area is 97.5 Å². The monoisotopic (exact) mass is 217 g/mol. The standard InChI is InChI=1S/C13H19N3/c1-4-11(5-2)16(3)12-8-6-7-10(9-14)13(12)15/h6-8,11H,4-5,15H2,1-3H3. The van der Waals surface area contributed by atoms with Crippen LogP contribution < -0.4 is 10.6 Å². The Balaban J connectivity index is 3.09. The zero-order chi connectivity index (χ0) is 12.1. The van der Waals surface area contributed by atoms with Crippen molar-refractivity contribution in [3.63, 3.8) is 0 Å². The molecule has 0 amide bonds. The van der Waals surface area contributed by atoms with Crippen molar-refractivity contribution in [1.29, 1.82) is 5.26 Å². The van der Waals surface area contributed by atoms with Crippen LogP contribution in [0.15, 0.2) is 18.2 Å². The fourth-order valence-electron chi connectivity index (χ4n) is 1.99. The summed E-state index contributed by atoms with van der Waals surface area (Å²) < 4.78 is 0. The predicted octanol–water partition coefficient (Wildman–Crippen LogP) is 2.77. The van der Waals surface area contributed by atoms with E-state index in [1.54, 1.807) is 6.07 Å². The van der Waals surface area contributed by atoms with Gasteiger partial charge in [0.15, 0.2) is 0 Å². The Morgan fingerprint density at radius 2 is 2.00 bits per heavy atom. The number of nitrogens with two attached hydrogens (primary N) is 1. The summed E-state index contributed by atoms with van der Waals surface area (Å²) in [5.41, 5.74) is 8.06. The molecule has 0 aliphatic carbocycles. The molecular weight excluding hydrogens is 198 g/mol. The lowest BCUT2D eigenvalue weighted by Crippen LogP contribution is -2.31. The third-order valence-corrected chi connectivity index (χ3v) is 3.07. The van der Waals surface area contributed by atoms with Crippen LogP contribution in [-0.4, -0.2) is 13.1 Å². The van der Waals surface area contributed by atoms with Gasteiger partial charge in [-0.2, -0.15) is 5.26 Å². The van der Waals surface area contributed by atoms with Crippen LogP contribution in [0.4, 0.5) is 11.4 Å². The topological polar surface area (TPSA) is 53.0 Å². The Morgan fingerprint density at radius 3 is 2.50 bits per heavy atom. The van der Waals surface area contributed by atoms with E-state index in [9.17, 15) is 0 Å². The van der Waals surface area contributed by atoms with Crippen LogP contribution in [0.25, 0.3) is 0 Å². The molecule has 2 N–H and O–H groups in total. The lowest BCUT2D eigenvalue weighted by molar-refractivity contribution is 0.592. The first kappa shape index (κ1) is 12.4. The summed E-state index contributed by atoms with van der Waals surface area (Å²) in [5.74, 6) is 0. The average Bonchev–Trinajstić information content (AvgIpc) is 2.30. The van der Waals surface area contributed by atoms with Crippen molar-refractivity contribution in [2.45, 2.75) is 32.7 Å². The van der Waals surface area contributed by atoms with Gasteiger partial charge in [0.25, 0.3) is 0 Å².